The highest BCUT2D eigenvalue weighted by atomic mass is 35.5. The third-order valence-electron chi connectivity index (χ3n) is 2.40. The zero-order chi connectivity index (χ0) is 14.3. The molecule has 0 amide bonds. The van der Waals surface area contributed by atoms with Gasteiger partial charge in [-0.3, -0.25) is 4.48 Å². The summed E-state index contributed by atoms with van der Waals surface area (Å²) in [6.45, 7) is 0. The molecule has 0 heterocycles. The fourth-order valence-electron chi connectivity index (χ4n) is 1.53. The van der Waals surface area contributed by atoms with E-state index in [0.717, 1.165) is 12.3 Å². The fraction of sp³-hybridized carbons (Fsp3) is 0.364. The van der Waals surface area contributed by atoms with Crippen molar-refractivity contribution in [3.05, 3.63) is 22.7 Å². The summed E-state index contributed by atoms with van der Waals surface area (Å²) in [4.78, 5) is 11.0. The van der Waals surface area contributed by atoms with E-state index in [9.17, 15) is 13.2 Å². The number of aromatic carboxylic acids is 1. The summed E-state index contributed by atoms with van der Waals surface area (Å²) in [5.74, 6) is -1.25. The first-order chi connectivity index (χ1) is 7.94. The first-order valence-corrected chi connectivity index (χ1v) is 7.30. The number of rotatable bonds is 3. The van der Waals surface area contributed by atoms with Crippen LogP contribution < -0.4 is 4.48 Å². The maximum absolute atomic E-state index is 11.7. The molecule has 0 aliphatic carbocycles. The van der Waals surface area contributed by atoms with E-state index in [1.807, 2.05) is 0 Å². The Morgan fingerprint density at radius 2 is 1.78 bits per heavy atom. The summed E-state index contributed by atoms with van der Waals surface area (Å²) in [6, 6.07) is 2.50. The number of hydrogen-bond acceptors (Lipinski definition) is 3. The van der Waals surface area contributed by atoms with E-state index in [2.05, 4.69) is 0 Å². The number of halogens is 1. The summed E-state index contributed by atoms with van der Waals surface area (Å²) in [5, 5.41) is 8.99. The van der Waals surface area contributed by atoms with Crippen LogP contribution in [0, 0.1) is 0 Å². The lowest BCUT2D eigenvalue weighted by atomic mass is 10.2. The molecule has 18 heavy (non-hydrogen) atoms. The predicted octanol–water partition coefficient (Wildman–Crippen LogP) is 1.64. The van der Waals surface area contributed by atoms with Crippen LogP contribution in [0.1, 0.15) is 10.4 Å². The van der Waals surface area contributed by atoms with Gasteiger partial charge < -0.3 is 5.11 Å². The normalized spacial score (nSPS) is 12.5. The maximum Gasteiger partial charge on any atom is 0.337 e. The minimum absolute atomic E-state index is 0.0169. The molecule has 7 heteroatoms. The molecular weight excluding hydrogens is 278 g/mol. The van der Waals surface area contributed by atoms with Crippen molar-refractivity contribution in [2.45, 2.75) is 4.90 Å². The standard InChI is InChI=1S/C11H14ClNO4S/c1-13(2,3)9-6-8(12)7(11(14)15)5-10(9)18(4,16)17/h5-6H,1-4H3/p+1. The zero-order valence-corrected chi connectivity index (χ0v) is 12.1. The molecule has 0 spiro atoms. The first kappa shape index (κ1) is 14.9. The molecule has 0 saturated heterocycles. The molecule has 5 nitrogen and oxygen atoms in total. The van der Waals surface area contributed by atoms with Gasteiger partial charge in [0.15, 0.2) is 15.5 Å². The van der Waals surface area contributed by atoms with Gasteiger partial charge in [-0.25, -0.2) is 13.2 Å². The third-order valence-corrected chi connectivity index (χ3v) is 3.84. The average molecular weight is 293 g/mol. The van der Waals surface area contributed by atoms with Crippen LogP contribution in [0.4, 0.5) is 5.69 Å². The number of sulfone groups is 1. The van der Waals surface area contributed by atoms with Crippen LogP contribution in [0.3, 0.4) is 0 Å². The zero-order valence-electron chi connectivity index (χ0n) is 10.6. The van der Waals surface area contributed by atoms with E-state index in [-0.39, 0.29) is 20.0 Å². The highest BCUT2D eigenvalue weighted by Crippen LogP contribution is 2.33. The lowest BCUT2D eigenvalue weighted by molar-refractivity contribution is 0.0697. The quantitative estimate of drug-likeness (QED) is 0.860. The molecule has 1 aromatic carbocycles. The van der Waals surface area contributed by atoms with E-state index in [1.165, 1.54) is 6.07 Å². The smallest absolute Gasteiger partial charge is 0.337 e. The van der Waals surface area contributed by atoms with Gasteiger partial charge in [-0.1, -0.05) is 11.6 Å². The molecule has 0 atom stereocenters. The number of carboxylic acid groups (broad SMARTS) is 1. The lowest BCUT2D eigenvalue weighted by Gasteiger charge is -2.26. The van der Waals surface area contributed by atoms with Gasteiger partial charge >= 0.3 is 5.97 Å². The molecule has 1 aromatic rings. The lowest BCUT2D eigenvalue weighted by Crippen LogP contribution is -2.36. The first-order valence-electron chi connectivity index (χ1n) is 5.03. The largest absolute Gasteiger partial charge is 0.478 e. The monoisotopic (exact) mass is 292 g/mol. The minimum Gasteiger partial charge on any atom is -0.478 e. The molecule has 0 unspecified atom stereocenters. The number of quaternary nitrogens is 1. The molecule has 0 fully saturated rings. The van der Waals surface area contributed by atoms with Gasteiger partial charge in [0.05, 0.1) is 31.7 Å². The summed E-state index contributed by atoms with van der Waals surface area (Å²) >= 11 is 5.87. The third kappa shape index (κ3) is 3.01. The van der Waals surface area contributed by atoms with Crippen molar-refractivity contribution in [2.75, 3.05) is 27.4 Å². The van der Waals surface area contributed by atoms with Crippen molar-refractivity contribution >= 4 is 33.1 Å². The van der Waals surface area contributed by atoms with E-state index in [4.69, 9.17) is 16.7 Å². The summed E-state index contributed by atoms with van der Waals surface area (Å²) < 4.78 is 23.7. The van der Waals surface area contributed by atoms with E-state index >= 15 is 0 Å². The Morgan fingerprint density at radius 3 is 2.11 bits per heavy atom. The number of carboxylic acids is 1. The van der Waals surface area contributed by atoms with Crippen molar-refractivity contribution in [2.24, 2.45) is 0 Å². The molecule has 0 radical (unpaired) electrons. The van der Waals surface area contributed by atoms with Crippen LogP contribution in [0.2, 0.25) is 5.02 Å². The molecule has 1 rings (SSSR count). The van der Waals surface area contributed by atoms with Crippen LogP contribution in [0.15, 0.2) is 17.0 Å². The Bertz CT molecular complexity index is 602. The van der Waals surface area contributed by atoms with Crippen LogP contribution in [-0.4, -0.2) is 46.9 Å². The van der Waals surface area contributed by atoms with Crippen LogP contribution in [0.25, 0.3) is 0 Å². The number of hydrogen-bond donors (Lipinski definition) is 1. The Labute approximate surface area is 111 Å². The SMILES string of the molecule is C[N+](C)(C)c1cc(Cl)c(C(=O)O)cc1S(C)(=O)=O. The van der Waals surface area contributed by atoms with E-state index in [0.29, 0.717) is 5.69 Å². The van der Waals surface area contributed by atoms with Crippen molar-refractivity contribution in [1.82, 2.24) is 4.48 Å². The average Bonchev–Trinajstić information content (AvgIpc) is 2.13. The summed E-state index contributed by atoms with van der Waals surface area (Å²) in [6.07, 6.45) is 1.04. The predicted molar refractivity (Wildman–Crippen MR) is 71.1 cm³/mol. The highest BCUT2D eigenvalue weighted by Gasteiger charge is 2.27. The summed E-state index contributed by atoms with van der Waals surface area (Å²) in [5.41, 5.74) is 0.238. The van der Waals surface area contributed by atoms with Crippen molar-refractivity contribution in [3.63, 3.8) is 0 Å². The van der Waals surface area contributed by atoms with Crippen LogP contribution in [-0.2, 0) is 9.84 Å². The van der Waals surface area contributed by atoms with E-state index < -0.39 is 15.8 Å². The van der Waals surface area contributed by atoms with Crippen LogP contribution in [0.5, 0.6) is 0 Å². The fourth-order valence-corrected chi connectivity index (χ4v) is 2.81. The minimum atomic E-state index is -3.53. The molecule has 0 bridgehead atoms. The molecule has 0 aliphatic rings. The van der Waals surface area contributed by atoms with Gasteiger partial charge in [-0.2, -0.15) is 0 Å². The number of benzene rings is 1. The molecular formula is C11H15ClNO4S+. The second kappa shape index (κ2) is 4.53. The van der Waals surface area contributed by atoms with Crippen LogP contribution >= 0.6 is 11.6 Å². The molecule has 0 aliphatic heterocycles. The second-order valence-corrected chi connectivity index (χ2v) is 7.28. The van der Waals surface area contributed by atoms with Gasteiger partial charge in [-0.15, -0.1) is 0 Å². The van der Waals surface area contributed by atoms with Gasteiger partial charge in [0.2, 0.25) is 0 Å². The highest BCUT2D eigenvalue weighted by molar-refractivity contribution is 7.90. The number of nitrogens with zero attached hydrogens (tertiary/aromatic N) is 1. The summed E-state index contributed by atoms with van der Waals surface area (Å²) in [7, 11) is 1.81. The van der Waals surface area contributed by atoms with Crippen molar-refractivity contribution in [1.29, 1.82) is 0 Å². The Kier molecular flexibility index (Phi) is 3.76. The van der Waals surface area contributed by atoms with Gasteiger partial charge in [-0.05, 0) is 6.07 Å². The molecule has 0 aromatic heterocycles. The van der Waals surface area contributed by atoms with Crippen molar-refractivity contribution < 1.29 is 18.3 Å². The Balaban J connectivity index is 3.75. The maximum atomic E-state index is 11.7. The Hall–Kier alpha value is -1.11. The number of carbonyl (C=O) groups is 1. The molecule has 0 saturated carbocycles. The van der Waals surface area contributed by atoms with Crippen molar-refractivity contribution in [3.8, 4) is 0 Å². The molecule has 100 valence electrons. The topological polar surface area (TPSA) is 71.4 Å². The second-order valence-electron chi connectivity index (χ2n) is 4.89. The van der Waals surface area contributed by atoms with Gasteiger partial charge in [0, 0.05) is 12.3 Å². The molecule has 1 N–H and O–H groups in total. The van der Waals surface area contributed by atoms with Gasteiger partial charge in [0.25, 0.3) is 0 Å². The Morgan fingerprint density at radius 1 is 1.28 bits per heavy atom. The van der Waals surface area contributed by atoms with Gasteiger partial charge in [0.1, 0.15) is 4.90 Å². The van der Waals surface area contributed by atoms with E-state index in [1.54, 1.807) is 21.1 Å².